The molecule has 2 aromatic carbocycles. The normalized spacial score (nSPS) is 12.2. The summed E-state index contributed by atoms with van der Waals surface area (Å²) in [5.74, 6) is 0.340. The van der Waals surface area contributed by atoms with E-state index in [2.05, 4.69) is 15.3 Å². The van der Waals surface area contributed by atoms with E-state index in [1.165, 1.54) is 31.3 Å². The van der Waals surface area contributed by atoms with Gasteiger partial charge in [-0.05, 0) is 24.6 Å². The van der Waals surface area contributed by atoms with Gasteiger partial charge in [-0.15, -0.1) is 0 Å². The van der Waals surface area contributed by atoms with E-state index in [-0.39, 0.29) is 48.2 Å². The topological polar surface area (TPSA) is 95.7 Å². The molecule has 0 aliphatic carbocycles. The molecule has 0 fully saturated rings. The van der Waals surface area contributed by atoms with Gasteiger partial charge in [0.15, 0.2) is 12.2 Å². The van der Waals surface area contributed by atoms with Gasteiger partial charge in [0.1, 0.15) is 30.2 Å². The Morgan fingerprint density at radius 2 is 1.86 bits per heavy atom. The predicted molar refractivity (Wildman–Crippen MR) is 128 cm³/mol. The van der Waals surface area contributed by atoms with Gasteiger partial charge in [0.2, 0.25) is 17.7 Å². The van der Waals surface area contributed by atoms with Crippen LogP contribution in [-0.4, -0.2) is 41.3 Å². The van der Waals surface area contributed by atoms with Gasteiger partial charge < -0.3 is 23.9 Å². The number of alkyl halides is 3. The number of oxazole rings is 1. The molecule has 0 bridgehead atoms. The van der Waals surface area contributed by atoms with Crippen molar-refractivity contribution in [1.29, 1.82) is 0 Å². The number of hydrogen-bond donors (Lipinski definition) is 1. The fourth-order valence-electron chi connectivity index (χ4n) is 3.40. The molecule has 0 aliphatic rings. The highest BCUT2D eigenvalue weighted by Gasteiger charge is 2.29. The molecule has 37 heavy (non-hydrogen) atoms. The number of pyridine rings is 1. The maximum absolute atomic E-state index is 12.9. The first-order valence-electron chi connectivity index (χ1n) is 11.3. The summed E-state index contributed by atoms with van der Waals surface area (Å²) in [5, 5.41) is 2.70. The van der Waals surface area contributed by atoms with Gasteiger partial charge in [-0.2, -0.15) is 13.2 Å². The predicted octanol–water partition coefficient (Wildman–Crippen LogP) is 5.31. The number of rotatable bonds is 10. The first-order valence-corrected chi connectivity index (χ1v) is 11.3. The summed E-state index contributed by atoms with van der Waals surface area (Å²) in [5.41, 5.74) is 1.82. The van der Waals surface area contributed by atoms with Gasteiger partial charge >= 0.3 is 6.18 Å². The summed E-state index contributed by atoms with van der Waals surface area (Å²) in [6.45, 7) is 2.11. The number of ether oxygens (including phenoxy) is 3. The lowest BCUT2D eigenvalue weighted by Gasteiger charge is -2.14. The number of halogens is 3. The number of carbonyl (C=O) groups excluding carboxylic acids is 1. The van der Waals surface area contributed by atoms with Crippen molar-refractivity contribution in [3.63, 3.8) is 0 Å². The second kappa shape index (κ2) is 11.2. The van der Waals surface area contributed by atoms with E-state index in [1.54, 1.807) is 13.0 Å². The van der Waals surface area contributed by atoms with Crippen molar-refractivity contribution < 1.29 is 36.6 Å². The summed E-state index contributed by atoms with van der Waals surface area (Å²) in [6.07, 6.45) is -3.11. The standard InChI is InChI=1S/C26H24F3N3O5/c1-16(31-17(2)33)13-35-24-11-23-21(12-30-24)32-25(37-23)20-9-8-19(10-22(20)36-15-26(27,28)29)34-14-18-6-4-3-5-7-18/h3-12,16H,13-15H2,1-2H3,(H,31,33)/t16-/m0/s1. The average molecular weight is 515 g/mol. The highest BCUT2D eigenvalue weighted by Crippen LogP contribution is 2.36. The molecule has 0 saturated carbocycles. The molecule has 1 N–H and O–H groups in total. The van der Waals surface area contributed by atoms with Crippen molar-refractivity contribution in [2.45, 2.75) is 32.7 Å². The van der Waals surface area contributed by atoms with Crippen molar-refractivity contribution in [3.05, 3.63) is 66.4 Å². The smallest absolute Gasteiger partial charge is 0.422 e. The third-order valence-corrected chi connectivity index (χ3v) is 5.00. The summed E-state index contributed by atoms with van der Waals surface area (Å²) in [4.78, 5) is 19.7. The van der Waals surface area contributed by atoms with Crippen molar-refractivity contribution in [2.75, 3.05) is 13.2 Å². The second-order valence-corrected chi connectivity index (χ2v) is 8.26. The second-order valence-electron chi connectivity index (χ2n) is 8.26. The molecular formula is C26H24F3N3O5. The average Bonchev–Trinajstić information content (AvgIpc) is 3.28. The van der Waals surface area contributed by atoms with Crippen molar-refractivity contribution in [2.24, 2.45) is 0 Å². The summed E-state index contributed by atoms with van der Waals surface area (Å²) < 4.78 is 61.0. The number of benzene rings is 2. The maximum atomic E-state index is 12.9. The molecule has 4 rings (SSSR count). The van der Waals surface area contributed by atoms with E-state index in [1.807, 2.05) is 30.3 Å². The van der Waals surface area contributed by atoms with E-state index in [9.17, 15) is 18.0 Å². The Kier molecular flexibility index (Phi) is 7.80. The van der Waals surface area contributed by atoms with Crippen molar-refractivity contribution in [1.82, 2.24) is 15.3 Å². The van der Waals surface area contributed by atoms with Crippen LogP contribution in [0.5, 0.6) is 17.4 Å². The van der Waals surface area contributed by atoms with E-state index in [0.29, 0.717) is 16.8 Å². The van der Waals surface area contributed by atoms with Gasteiger partial charge in [0.05, 0.1) is 17.8 Å². The Morgan fingerprint density at radius 1 is 1.08 bits per heavy atom. The highest BCUT2D eigenvalue weighted by atomic mass is 19.4. The van der Waals surface area contributed by atoms with Gasteiger partial charge in [-0.25, -0.2) is 9.97 Å². The molecule has 8 nitrogen and oxygen atoms in total. The lowest BCUT2D eigenvalue weighted by molar-refractivity contribution is -0.153. The molecule has 0 spiro atoms. The fraction of sp³-hybridized carbons (Fsp3) is 0.269. The minimum atomic E-state index is -4.54. The number of fused-ring (bicyclic) bond motifs is 1. The number of carbonyl (C=O) groups is 1. The van der Waals surface area contributed by atoms with Crippen LogP contribution in [0.2, 0.25) is 0 Å². The minimum Gasteiger partial charge on any atom is -0.489 e. The first-order chi connectivity index (χ1) is 17.7. The van der Waals surface area contributed by atoms with Crippen LogP contribution in [-0.2, 0) is 11.4 Å². The van der Waals surface area contributed by atoms with Crippen LogP contribution in [0.1, 0.15) is 19.4 Å². The first kappa shape index (κ1) is 25.8. The van der Waals surface area contributed by atoms with Crippen LogP contribution >= 0.6 is 0 Å². The molecule has 0 saturated heterocycles. The monoisotopic (exact) mass is 515 g/mol. The van der Waals surface area contributed by atoms with E-state index in [0.717, 1.165) is 5.56 Å². The molecular weight excluding hydrogens is 491 g/mol. The highest BCUT2D eigenvalue weighted by molar-refractivity contribution is 5.78. The van der Waals surface area contributed by atoms with Crippen LogP contribution < -0.4 is 19.5 Å². The van der Waals surface area contributed by atoms with Crippen LogP contribution in [0.3, 0.4) is 0 Å². The van der Waals surface area contributed by atoms with E-state index < -0.39 is 12.8 Å². The number of hydrogen-bond acceptors (Lipinski definition) is 7. The van der Waals surface area contributed by atoms with Crippen LogP contribution in [0, 0.1) is 0 Å². The van der Waals surface area contributed by atoms with Gasteiger partial charge in [0, 0.05) is 19.1 Å². The molecule has 4 aromatic rings. The van der Waals surface area contributed by atoms with Crippen LogP contribution in [0.25, 0.3) is 22.6 Å². The minimum absolute atomic E-state index is 0.0485. The number of nitrogens with one attached hydrogen (secondary N) is 1. The largest absolute Gasteiger partial charge is 0.489 e. The SMILES string of the molecule is CC(=O)N[C@@H](C)COc1cc2oc(-c3ccc(OCc4ccccc4)cc3OCC(F)(F)F)nc2cn1. The molecule has 11 heteroatoms. The zero-order valence-electron chi connectivity index (χ0n) is 20.0. The molecule has 0 radical (unpaired) electrons. The molecule has 1 atom stereocenters. The Morgan fingerprint density at radius 3 is 2.59 bits per heavy atom. The molecule has 0 unspecified atom stereocenters. The number of nitrogens with zero attached hydrogens (tertiary/aromatic N) is 2. The Bertz CT molecular complexity index is 1360. The summed E-state index contributed by atoms with van der Waals surface area (Å²) in [6, 6.07) is 15.1. The van der Waals surface area contributed by atoms with E-state index in [4.69, 9.17) is 18.6 Å². The van der Waals surface area contributed by atoms with E-state index >= 15 is 0 Å². The van der Waals surface area contributed by atoms with Crippen LogP contribution in [0.4, 0.5) is 13.2 Å². The Hall–Kier alpha value is -4.28. The molecule has 194 valence electrons. The molecule has 2 aromatic heterocycles. The van der Waals surface area contributed by atoms with Crippen LogP contribution in [0.15, 0.2) is 65.2 Å². The number of aromatic nitrogens is 2. The van der Waals surface area contributed by atoms with Crippen molar-refractivity contribution in [3.8, 4) is 28.8 Å². The maximum Gasteiger partial charge on any atom is 0.422 e. The summed E-state index contributed by atoms with van der Waals surface area (Å²) in [7, 11) is 0. The summed E-state index contributed by atoms with van der Waals surface area (Å²) >= 11 is 0. The van der Waals surface area contributed by atoms with Crippen molar-refractivity contribution >= 4 is 17.0 Å². The fourth-order valence-corrected chi connectivity index (χ4v) is 3.40. The molecule has 2 heterocycles. The lowest BCUT2D eigenvalue weighted by Crippen LogP contribution is -2.35. The lowest BCUT2D eigenvalue weighted by atomic mass is 10.2. The van der Waals surface area contributed by atoms with Gasteiger partial charge in [0.25, 0.3) is 0 Å². The van der Waals surface area contributed by atoms with Gasteiger partial charge in [-0.3, -0.25) is 4.79 Å². The molecule has 0 aliphatic heterocycles. The third kappa shape index (κ3) is 7.35. The number of amides is 1. The Balaban J connectivity index is 1.56. The zero-order valence-corrected chi connectivity index (χ0v) is 20.0. The van der Waals surface area contributed by atoms with Gasteiger partial charge in [-0.1, -0.05) is 30.3 Å². The Labute approximate surface area is 210 Å². The zero-order chi connectivity index (χ0) is 26.4. The molecule has 1 amide bonds. The quantitative estimate of drug-likeness (QED) is 0.306. The third-order valence-electron chi connectivity index (χ3n) is 5.00.